The molecule has 1 aromatic carbocycles. The van der Waals surface area contributed by atoms with Crippen molar-refractivity contribution in [3.8, 4) is 0 Å². The standard InChI is InChI=1S/C11H11ClN4O2/c1-6(7-3-2-4-8(12)5-7)14-11(17)9-10(13)16-18-15-9/h2-6H,1H3,(H2,13,16)(H,14,17)/t6-/m1/s1. The number of benzene rings is 1. The number of nitrogens with two attached hydrogens (primary N) is 1. The van der Waals surface area contributed by atoms with Crippen molar-refractivity contribution in [3.63, 3.8) is 0 Å². The van der Waals surface area contributed by atoms with E-state index in [1.165, 1.54) is 0 Å². The number of anilines is 1. The van der Waals surface area contributed by atoms with Gasteiger partial charge in [-0.25, -0.2) is 4.63 Å². The van der Waals surface area contributed by atoms with Gasteiger partial charge in [-0.15, -0.1) is 0 Å². The Morgan fingerprint density at radius 3 is 2.89 bits per heavy atom. The number of hydrogen-bond acceptors (Lipinski definition) is 5. The van der Waals surface area contributed by atoms with Crippen molar-refractivity contribution in [2.45, 2.75) is 13.0 Å². The number of nitrogen functional groups attached to an aromatic ring is 1. The molecule has 94 valence electrons. The van der Waals surface area contributed by atoms with Gasteiger partial charge in [0.05, 0.1) is 6.04 Å². The fraction of sp³-hybridized carbons (Fsp3) is 0.182. The minimum atomic E-state index is -0.443. The van der Waals surface area contributed by atoms with Gasteiger partial charge in [-0.3, -0.25) is 4.79 Å². The maximum absolute atomic E-state index is 11.8. The van der Waals surface area contributed by atoms with Crippen LogP contribution in [0.3, 0.4) is 0 Å². The Bertz CT molecular complexity index is 570. The molecule has 0 saturated carbocycles. The van der Waals surface area contributed by atoms with E-state index < -0.39 is 5.91 Å². The quantitative estimate of drug-likeness (QED) is 0.883. The van der Waals surface area contributed by atoms with Crippen molar-refractivity contribution < 1.29 is 9.42 Å². The van der Waals surface area contributed by atoms with E-state index in [9.17, 15) is 4.79 Å². The molecule has 0 unspecified atom stereocenters. The maximum Gasteiger partial charge on any atom is 0.277 e. The average molecular weight is 267 g/mol. The smallest absolute Gasteiger partial charge is 0.277 e. The SMILES string of the molecule is C[C@@H](NC(=O)c1nonc1N)c1cccc(Cl)c1. The first-order chi connectivity index (χ1) is 8.58. The van der Waals surface area contributed by atoms with Crippen LogP contribution in [0.5, 0.6) is 0 Å². The molecule has 3 N–H and O–H groups in total. The monoisotopic (exact) mass is 266 g/mol. The molecule has 18 heavy (non-hydrogen) atoms. The summed E-state index contributed by atoms with van der Waals surface area (Å²) in [5, 5.41) is 10.1. The van der Waals surface area contributed by atoms with Crippen molar-refractivity contribution in [1.82, 2.24) is 15.6 Å². The number of nitrogens with one attached hydrogen (secondary N) is 1. The molecule has 0 aliphatic carbocycles. The molecular formula is C11H11ClN4O2. The van der Waals surface area contributed by atoms with E-state index in [1.54, 1.807) is 12.1 Å². The fourth-order valence-corrected chi connectivity index (χ4v) is 1.68. The molecule has 0 saturated heterocycles. The fourth-order valence-electron chi connectivity index (χ4n) is 1.48. The van der Waals surface area contributed by atoms with Crippen LogP contribution in [-0.4, -0.2) is 16.2 Å². The Labute approximate surface area is 108 Å². The Balaban J connectivity index is 2.10. The molecule has 1 heterocycles. The highest BCUT2D eigenvalue weighted by atomic mass is 35.5. The third kappa shape index (κ3) is 2.60. The van der Waals surface area contributed by atoms with Crippen LogP contribution in [0.2, 0.25) is 5.02 Å². The zero-order chi connectivity index (χ0) is 13.1. The number of nitrogens with zero attached hydrogens (tertiary/aromatic N) is 2. The zero-order valence-electron chi connectivity index (χ0n) is 9.55. The van der Waals surface area contributed by atoms with Gasteiger partial charge < -0.3 is 11.1 Å². The van der Waals surface area contributed by atoms with Crippen LogP contribution in [0.25, 0.3) is 0 Å². The summed E-state index contributed by atoms with van der Waals surface area (Å²) < 4.78 is 4.37. The molecule has 0 aliphatic heterocycles. The minimum absolute atomic E-state index is 0.0242. The number of rotatable bonds is 3. The van der Waals surface area contributed by atoms with Crippen LogP contribution in [0.1, 0.15) is 29.0 Å². The lowest BCUT2D eigenvalue weighted by Crippen LogP contribution is -2.27. The van der Waals surface area contributed by atoms with Crippen LogP contribution >= 0.6 is 11.6 Å². The molecule has 0 fully saturated rings. The predicted molar refractivity (Wildman–Crippen MR) is 66.0 cm³/mol. The first kappa shape index (κ1) is 12.4. The van der Waals surface area contributed by atoms with Gasteiger partial charge in [-0.1, -0.05) is 23.7 Å². The Morgan fingerprint density at radius 2 is 2.28 bits per heavy atom. The highest BCUT2D eigenvalue weighted by Crippen LogP contribution is 2.18. The molecule has 2 aromatic rings. The molecule has 1 aromatic heterocycles. The second-order valence-corrected chi connectivity index (χ2v) is 4.18. The lowest BCUT2D eigenvalue weighted by molar-refractivity contribution is 0.0930. The zero-order valence-corrected chi connectivity index (χ0v) is 10.3. The van der Waals surface area contributed by atoms with Gasteiger partial charge >= 0.3 is 0 Å². The Morgan fingerprint density at radius 1 is 1.50 bits per heavy atom. The van der Waals surface area contributed by atoms with E-state index in [0.717, 1.165) is 5.56 Å². The molecule has 0 radical (unpaired) electrons. The highest BCUT2D eigenvalue weighted by molar-refractivity contribution is 6.30. The van der Waals surface area contributed by atoms with E-state index in [-0.39, 0.29) is 17.6 Å². The molecule has 1 amide bonds. The topological polar surface area (TPSA) is 94.0 Å². The first-order valence-electron chi connectivity index (χ1n) is 5.22. The molecular weight excluding hydrogens is 256 g/mol. The van der Waals surface area contributed by atoms with Gasteiger partial charge in [-0.05, 0) is 34.9 Å². The van der Waals surface area contributed by atoms with Crippen LogP contribution in [0, 0.1) is 0 Å². The molecule has 2 rings (SSSR count). The van der Waals surface area contributed by atoms with Crippen molar-refractivity contribution >= 4 is 23.3 Å². The lowest BCUT2D eigenvalue weighted by atomic mass is 10.1. The molecule has 7 heteroatoms. The average Bonchev–Trinajstić information content (AvgIpc) is 2.75. The van der Waals surface area contributed by atoms with Gasteiger partial charge in [0, 0.05) is 5.02 Å². The second kappa shape index (κ2) is 5.05. The third-order valence-electron chi connectivity index (χ3n) is 2.43. The molecule has 0 aliphatic rings. The summed E-state index contributed by atoms with van der Waals surface area (Å²) >= 11 is 5.88. The van der Waals surface area contributed by atoms with Crippen molar-refractivity contribution in [2.75, 3.05) is 5.73 Å². The largest absolute Gasteiger partial charge is 0.379 e. The van der Waals surface area contributed by atoms with Gasteiger partial charge in [0.15, 0.2) is 0 Å². The van der Waals surface area contributed by atoms with E-state index in [1.807, 2.05) is 19.1 Å². The Kier molecular flexibility index (Phi) is 3.47. The molecule has 0 spiro atoms. The number of hydrogen-bond donors (Lipinski definition) is 2. The van der Waals surface area contributed by atoms with Crippen LogP contribution in [0.4, 0.5) is 5.82 Å². The molecule has 6 nitrogen and oxygen atoms in total. The van der Waals surface area contributed by atoms with Crippen molar-refractivity contribution in [2.24, 2.45) is 0 Å². The summed E-state index contributed by atoms with van der Waals surface area (Å²) in [5.41, 5.74) is 6.29. The summed E-state index contributed by atoms with van der Waals surface area (Å²) in [6.07, 6.45) is 0. The normalized spacial score (nSPS) is 12.1. The second-order valence-electron chi connectivity index (χ2n) is 3.75. The summed E-state index contributed by atoms with van der Waals surface area (Å²) in [6.45, 7) is 1.83. The van der Waals surface area contributed by atoms with Crippen LogP contribution < -0.4 is 11.1 Å². The van der Waals surface area contributed by atoms with Gasteiger partial charge in [0.2, 0.25) is 11.5 Å². The van der Waals surface area contributed by atoms with Crippen LogP contribution in [0.15, 0.2) is 28.9 Å². The first-order valence-corrected chi connectivity index (χ1v) is 5.60. The minimum Gasteiger partial charge on any atom is -0.379 e. The predicted octanol–water partition coefficient (Wildman–Crippen LogP) is 1.80. The molecule has 1 atom stereocenters. The van der Waals surface area contributed by atoms with E-state index in [4.69, 9.17) is 17.3 Å². The maximum atomic E-state index is 11.8. The number of halogens is 1. The summed E-state index contributed by atoms with van der Waals surface area (Å²) in [7, 11) is 0. The summed E-state index contributed by atoms with van der Waals surface area (Å²) in [5.74, 6) is -0.480. The lowest BCUT2D eigenvalue weighted by Gasteiger charge is -2.13. The van der Waals surface area contributed by atoms with Crippen LogP contribution in [-0.2, 0) is 0 Å². The van der Waals surface area contributed by atoms with Crippen molar-refractivity contribution in [1.29, 1.82) is 0 Å². The van der Waals surface area contributed by atoms with E-state index in [0.29, 0.717) is 5.02 Å². The third-order valence-corrected chi connectivity index (χ3v) is 2.66. The summed E-state index contributed by atoms with van der Waals surface area (Å²) in [6, 6.07) is 6.98. The van der Waals surface area contributed by atoms with Gasteiger partial charge in [-0.2, -0.15) is 0 Å². The number of amides is 1. The van der Waals surface area contributed by atoms with E-state index >= 15 is 0 Å². The van der Waals surface area contributed by atoms with Gasteiger partial charge in [0.25, 0.3) is 5.91 Å². The number of carbonyl (C=O) groups excluding carboxylic acids is 1. The molecule has 0 bridgehead atoms. The van der Waals surface area contributed by atoms with E-state index in [2.05, 4.69) is 20.3 Å². The van der Waals surface area contributed by atoms with Gasteiger partial charge in [0.1, 0.15) is 0 Å². The van der Waals surface area contributed by atoms with Crippen molar-refractivity contribution in [3.05, 3.63) is 40.5 Å². The number of carbonyl (C=O) groups is 1. The number of aromatic nitrogens is 2. The summed E-state index contributed by atoms with van der Waals surface area (Å²) in [4.78, 5) is 11.8. The Hall–Kier alpha value is -2.08. The highest BCUT2D eigenvalue weighted by Gasteiger charge is 2.18.